The summed E-state index contributed by atoms with van der Waals surface area (Å²) in [4.78, 5) is 39.9. The first-order valence-electron chi connectivity index (χ1n) is 7.71. The summed E-state index contributed by atoms with van der Waals surface area (Å²) < 4.78 is 2.76. The largest absolute Gasteiger partial charge is 0.505 e. The summed E-state index contributed by atoms with van der Waals surface area (Å²) in [6, 6.07) is 8.93. The number of fused-ring (bicyclic) bond motifs is 3. The van der Waals surface area contributed by atoms with Gasteiger partial charge in [-0.3, -0.25) is 14.9 Å². The number of carbonyl (C=O) groups is 2. The van der Waals surface area contributed by atoms with E-state index in [1.807, 2.05) is 12.1 Å². The Morgan fingerprint density at radius 1 is 1.22 bits per heavy atom. The number of carboxylic acid groups (broad SMARTS) is 1. The average Bonchev–Trinajstić information content (AvgIpc) is 3.24. The van der Waals surface area contributed by atoms with Gasteiger partial charge in [0.05, 0.1) is 5.52 Å². The molecule has 27 heavy (non-hydrogen) atoms. The van der Waals surface area contributed by atoms with Crippen molar-refractivity contribution in [1.29, 1.82) is 0 Å². The number of aryl methyl sites for hydroxylation is 1. The van der Waals surface area contributed by atoms with Crippen LogP contribution >= 0.6 is 11.3 Å². The highest BCUT2D eigenvalue weighted by Crippen LogP contribution is 2.28. The lowest BCUT2D eigenvalue weighted by Crippen LogP contribution is -2.31. The zero-order chi connectivity index (χ0) is 19.3. The van der Waals surface area contributed by atoms with Gasteiger partial charge in [0, 0.05) is 17.8 Å². The van der Waals surface area contributed by atoms with Crippen molar-refractivity contribution >= 4 is 44.8 Å². The van der Waals surface area contributed by atoms with Gasteiger partial charge in [-0.2, -0.15) is 0 Å². The number of hydrogen-bond donors (Lipinski definition) is 3. The van der Waals surface area contributed by atoms with Crippen LogP contribution in [0, 0.1) is 0 Å². The number of anilines is 1. The van der Waals surface area contributed by atoms with E-state index in [4.69, 9.17) is 5.11 Å². The second-order valence-electron chi connectivity index (χ2n) is 5.75. The Morgan fingerprint density at radius 2 is 1.96 bits per heavy atom. The van der Waals surface area contributed by atoms with Crippen LogP contribution in [0.5, 0.6) is 5.75 Å². The lowest BCUT2D eigenvalue weighted by Gasteiger charge is -2.11. The Hall–Kier alpha value is -3.66. The molecular weight excluding hydrogens is 372 g/mol. The van der Waals surface area contributed by atoms with E-state index in [0.29, 0.717) is 11.0 Å². The van der Waals surface area contributed by atoms with Crippen LogP contribution in [-0.2, 0) is 7.05 Å². The number of aromatic hydroxyl groups is 1. The van der Waals surface area contributed by atoms with E-state index < -0.39 is 28.7 Å². The predicted octanol–water partition coefficient (Wildman–Crippen LogP) is 1.90. The third kappa shape index (κ3) is 2.54. The normalized spacial score (nSPS) is 11.1. The molecule has 3 heterocycles. The third-order valence-electron chi connectivity index (χ3n) is 4.14. The molecule has 136 valence electrons. The van der Waals surface area contributed by atoms with Crippen LogP contribution in [0.2, 0.25) is 0 Å². The standard InChI is InChI=1S/C17H12N4O5S/c1-20-15(24)12(14(23)19-17-18-9(7-27-17)16(25)26)13(22)11-6-8-4-2-3-5-10(8)21(11)20/h2-7,22H,1H3,(H,25,26)(H,18,19,23). The number of carboxylic acids is 1. The maximum atomic E-state index is 12.7. The van der Waals surface area contributed by atoms with Gasteiger partial charge in [0.1, 0.15) is 5.52 Å². The number of nitrogens with one attached hydrogen (secondary N) is 1. The zero-order valence-electron chi connectivity index (χ0n) is 13.8. The van der Waals surface area contributed by atoms with Gasteiger partial charge in [0.25, 0.3) is 11.5 Å². The first-order chi connectivity index (χ1) is 12.9. The number of thiazole rings is 1. The van der Waals surface area contributed by atoms with Crippen LogP contribution < -0.4 is 10.9 Å². The molecule has 0 radical (unpaired) electrons. The number of nitrogens with zero attached hydrogens (tertiary/aromatic N) is 3. The van der Waals surface area contributed by atoms with Crippen molar-refractivity contribution in [3.63, 3.8) is 0 Å². The molecule has 3 N–H and O–H groups in total. The topological polar surface area (TPSA) is 126 Å². The summed E-state index contributed by atoms with van der Waals surface area (Å²) in [6.07, 6.45) is 0. The minimum atomic E-state index is -1.23. The highest BCUT2D eigenvalue weighted by Gasteiger charge is 2.24. The molecule has 0 aliphatic heterocycles. The quantitative estimate of drug-likeness (QED) is 0.495. The van der Waals surface area contributed by atoms with Gasteiger partial charge in [-0.1, -0.05) is 18.2 Å². The molecule has 1 amide bonds. The fraction of sp³-hybridized carbons (Fsp3) is 0.0588. The molecule has 0 spiro atoms. The van der Waals surface area contributed by atoms with Crippen LogP contribution in [0.15, 0.2) is 40.5 Å². The molecule has 0 unspecified atom stereocenters. The van der Waals surface area contributed by atoms with Crippen LogP contribution in [0.3, 0.4) is 0 Å². The summed E-state index contributed by atoms with van der Waals surface area (Å²) >= 11 is 0.905. The molecule has 4 aromatic rings. The second kappa shape index (κ2) is 5.95. The molecule has 10 heteroatoms. The summed E-state index contributed by atoms with van der Waals surface area (Å²) in [5.74, 6) is -2.55. The number of amides is 1. The number of aromatic nitrogens is 3. The molecule has 0 saturated heterocycles. The number of aromatic carboxylic acids is 1. The molecule has 0 fully saturated rings. The third-order valence-corrected chi connectivity index (χ3v) is 4.90. The Labute approximate surface area is 154 Å². The number of carbonyl (C=O) groups excluding carboxylic acids is 1. The van der Waals surface area contributed by atoms with E-state index in [-0.39, 0.29) is 10.8 Å². The molecule has 0 aliphatic rings. The van der Waals surface area contributed by atoms with Crippen LogP contribution in [0.4, 0.5) is 5.13 Å². The van der Waals surface area contributed by atoms with Gasteiger partial charge in [-0.15, -0.1) is 11.3 Å². The van der Waals surface area contributed by atoms with Crippen LogP contribution in [-0.4, -0.2) is 36.3 Å². The van der Waals surface area contributed by atoms with E-state index in [9.17, 15) is 19.5 Å². The molecular formula is C17H12N4O5S. The number of hydrogen-bond acceptors (Lipinski definition) is 6. The van der Waals surface area contributed by atoms with Crippen LogP contribution in [0.25, 0.3) is 16.4 Å². The summed E-state index contributed by atoms with van der Waals surface area (Å²) in [7, 11) is 1.49. The van der Waals surface area contributed by atoms with Crippen molar-refractivity contribution in [3.8, 4) is 5.75 Å². The van der Waals surface area contributed by atoms with Crippen molar-refractivity contribution in [3.05, 3.63) is 57.3 Å². The SMILES string of the molecule is Cn1c(=O)c(C(=O)Nc2nc(C(=O)O)cs2)c(O)c2cc3ccccc3n21. The van der Waals surface area contributed by atoms with Crippen molar-refractivity contribution in [1.82, 2.24) is 14.2 Å². The zero-order valence-corrected chi connectivity index (χ0v) is 14.6. The number of para-hydroxylation sites is 1. The highest BCUT2D eigenvalue weighted by molar-refractivity contribution is 7.14. The predicted molar refractivity (Wildman–Crippen MR) is 98.8 cm³/mol. The smallest absolute Gasteiger partial charge is 0.355 e. The average molecular weight is 384 g/mol. The van der Waals surface area contributed by atoms with E-state index >= 15 is 0 Å². The lowest BCUT2D eigenvalue weighted by atomic mass is 10.2. The molecule has 3 aromatic heterocycles. The van der Waals surface area contributed by atoms with Gasteiger partial charge in [-0.05, 0) is 12.1 Å². The minimum Gasteiger partial charge on any atom is -0.505 e. The Morgan fingerprint density at radius 3 is 2.67 bits per heavy atom. The Bertz CT molecular complexity index is 1300. The monoisotopic (exact) mass is 384 g/mol. The maximum absolute atomic E-state index is 12.7. The van der Waals surface area contributed by atoms with E-state index in [2.05, 4.69) is 10.3 Å². The van der Waals surface area contributed by atoms with Gasteiger partial charge in [0.2, 0.25) is 0 Å². The number of rotatable bonds is 3. The van der Waals surface area contributed by atoms with E-state index in [1.54, 1.807) is 18.2 Å². The van der Waals surface area contributed by atoms with Crippen molar-refractivity contribution in [2.24, 2.45) is 7.05 Å². The maximum Gasteiger partial charge on any atom is 0.355 e. The second-order valence-corrected chi connectivity index (χ2v) is 6.61. The molecule has 1 aromatic carbocycles. The van der Waals surface area contributed by atoms with Gasteiger partial charge in [0.15, 0.2) is 22.1 Å². The van der Waals surface area contributed by atoms with Crippen molar-refractivity contribution < 1.29 is 19.8 Å². The summed E-state index contributed by atoms with van der Waals surface area (Å²) in [6.45, 7) is 0. The minimum absolute atomic E-state index is 0.0132. The Kier molecular flexibility index (Phi) is 3.70. The first kappa shape index (κ1) is 16.8. The van der Waals surface area contributed by atoms with Crippen LogP contribution in [0.1, 0.15) is 20.8 Å². The van der Waals surface area contributed by atoms with Gasteiger partial charge >= 0.3 is 5.97 Å². The van der Waals surface area contributed by atoms with E-state index in [1.165, 1.54) is 21.6 Å². The van der Waals surface area contributed by atoms with E-state index in [0.717, 1.165) is 16.7 Å². The molecule has 0 saturated carbocycles. The first-order valence-corrected chi connectivity index (χ1v) is 8.59. The van der Waals surface area contributed by atoms with Crippen molar-refractivity contribution in [2.45, 2.75) is 0 Å². The molecule has 0 atom stereocenters. The summed E-state index contributed by atoms with van der Waals surface area (Å²) in [5.41, 5.74) is -0.358. The van der Waals surface area contributed by atoms with Crippen molar-refractivity contribution in [2.75, 3.05) is 5.32 Å². The fourth-order valence-corrected chi connectivity index (χ4v) is 3.59. The molecule has 0 bridgehead atoms. The Balaban J connectivity index is 1.86. The highest BCUT2D eigenvalue weighted by atomic mass is 32.1. The van der Waals surface area contributed by atoms with Gasteiger partial charge < -0.3 is 10.2 Å². The fourth-order valence-electron chi connectivity index (χ4n) is 2.91. The molecule has 0 aliphatic carbocycles. The summed E-state index contributed by atoms with van der Waals surface area (Å²) in [5, 5.41) is 23.9. The van der Waals surface area contributed by atoms with Gasteiger partial charge in [-0.25, -0.2) is 19.0 Å². The number of benzene rings is 1. The molecule has 9 nitrogen and oxygen atoms in total. The lowest BCUT2D eigenvalue weighted by molar-refractivity contribution is 0.0691. The molecule has 4 rings (SSSR count).